The topological polar surface area (TPSA) is 101 Å². The highest BCUT2D eigenvalue weighted by Crippen LogP contribution is 2.59. The highest BCUT2D eigenvalue weighted by Gasteiger charge is 2.70. The van der Waals surface area contributed by atoms with Gasteiger partial charge in [-0.05, 0) is 62.2 Å². The number of hydrogen-bond acceptors (Lipinski definition) is 9. The van der Waals surface area contributed by atoms with E-state index >= 15 is 0 Å². The lowest BCUT2D eigenvalue weighted by Crippen LogP contribution is -2.51. The van der Waals surface area contributed by atoms with E-state index in [9.17, 15) is 14.4 Å². The number of carbonyl (C=O) groups excluding carboxylic acids is 3. The lowest BCUT2D eigenvalue weighted by molar-refractivity contribution is -0.230. The van der Waals surface area contributed by atoms with Crippen molar-refractivity contribution in [3.63, 3.8) is 0 Å². The number of rotatable bonds is 8. The summed E-state index contributed by atoms with van der Waals surface area (Å²) in [4.78, 5) is 41.1. The SMILES string of the molecule is CCC(OC(=O)C1C2CC3C(OC(=O)C31)C2OC(=O)CN1CCOCC1)OC1C2CC3CC(C2)CC1C3. The van der Waals surface area contributed by atoms with E-state index < -0.39 is 36.3 Å². The third-order valence-corrected chi connectivity index (χ3v) is 10.6. The Labute approximate surface area is 217 Å². The smallest absolute Gasteiger partial charge is 0.320 e. The molecule has 2 saturated heterocycles. The van der Waals surface area contributed by atoms with Crippen LogP contribution in [0.25, 0.3) is 0 Å². The average molecular weight is 518 g/mol. The maximum atomic E-state index is 13.6. The molecule has 37 heavy (non-hydrogen) atoms. The Bertz CT molecular complexity index is 905. The predicted molar refractivity (Wildman–Crippen MR) is 128 cm³/mol. The van der Waals surface area contributed by atoms with Crippen LogP contribution in [0.2, 0.25) is 0 Å². The Hall–Kier alpha value is -1.71. The van der Waals surface area contributed by atoms with Gasteiger partial charge in [0.2, 0.25) is 6.29 Å². The minimum Gasteiger partial charge on any atom is -0.458 e. The van der Waals surface area contributed by atoms with Crippen LogP contribution in [0, 0.1) is 47.3 Å². The van der Waals surface area contributed by atoms with Crippen LogP contribution in [0.15, 0.2) is 0 Å². The Morgan fingerprint density at radius 3 is 2.35 bits per heavy atom. The molecule has 0 aromatic carbocycles. The van der Waals surface area contributed by atoms with Gasteiger partial charge in [0, 0.05) is 31.3 Å². The highest BCUT2D eigenvalue weighted by atomic mass is 16.7. The summed E-state index contributed by atoms with van der Waals surface area (Å²) in [6.45, 7) is 4.72. The summed E-state index contributed by atoms with van der Waals surface area (Å²) in [5.41, 5.74) is 0. The summed E-state index contributed by atoms with van der Waals surface area (Å²) >= 11 is 0. The molecule has 8 aliphatic rings. The third kappa shape index (κ3) is 4.20. The molecule has 9 nitrogen and oxygen atoms in total. The van der Waals surface area contributed by atoms with Crippen molar-refractivity contribution < 1.29 is 38.1 Å². The second kappa shape index (κ2) is 9.49. The van der Waals surface area contributed by atoms with E-state index in [1.165, 1.54) is 32.1 Å². The summed E-state index contributed by atoms with van der Waals surface area (Å²) in [6, 6.07) is 0. The van der Waals surface area contributed by atoms with Gasteiger partial charge < -0.3 is 23.7 Å². The molecular weight excluding hydrogens is 478 g/mol. The van der Waals surface area contributed by atoms with Crippen molar-refractivity contribution in [1.29, 1.82) is 0 Å². The van der Waals surface area contributed by atoms with Crippen molar-refractivity contribution >= 4 is 17.9 Å². The minimum atomic E-state index is -0.645. The molecule has 0 radical (unpaired) electrons. The molecule has 6 saturated carbocycles. The first-order valence-corrected chi connectivity index (χ1v) is 14.5. The van der Waals surface area contributed by atoms with E-state index in [-0.39, 0.29) is 36.4 Å². The van der Waals surface area contributed by atoms with Gasteiger partial charge >= 0.3 is 17.9 Å². The number of nitrogens with zero attached hydrogens (tertiary/aromatic N) is 1. The number of hydrogen-bond donors (Lipinski definition) is 0. The maximum absolute atomic E-state index is 13.6. The monoisotopic (exact) mass is 517 g/mol. The Morgan fingerprint density at radius 2 is 1.68 bits per heavy atom. The van der Waals surface area contributed by atoms with Crippen molar-refractivity contribution in [3.8, 4) is 0 Å². The lowest BCUT2D eigenvalue weighted by atomic mass is 9.55. The maximum Gasteiger partial charge on any atom is 0.320 e. The zero-order chi connectivity index (χ0) is 25.3. The zero-order valence-corrected chi connectivity index (χ0v) is 21.6. The standard InChI is InChI=1S/C28H39NO8/c1-2-21(35-24-16-8-14-7-15(10-16)11-17(24)9-14)36-27(31)22-18-12-19-23(22)28(32)37-26(19)25(18)34-20(30)13-29-3-5-33-6-4-29/h14-19,21-26H,2-13H2,1H3. The number of fused-ring (bicyclic) bond motifs is 1. The van der Waals surface area contributed by atoms with Gasteiger partial charge in [-0.25, -0.2) is 0 Å². The lowest BCUT2D eigenvalue weighted by Gasteiger charge is -2.54. The van der Waals surface area contributed by atoms with Crippen molar-refractivity contribution in [2.24, 2.45) is 47.3 Å². The molecule has 2 aliphatic heterocycles. The molecule has 9 heteroatoms. The average Bonchev–Trinajstić information content (AvgIpc) is 3.49. The Kier molecular flexibility index (Phi) is 6.24. The molecule has 0 amide bonds. The van der Waals surface area contributed by atoms with Crippen molar-refractivity contribution in [2.45, 2.75) is 76.5 Å². The molecule has 0 aromatic heterocycles. The van der Waals surface area contributed by atoms with E-state index in [1.54, 1.807) is 0 Å². The molecule has 8 rings (SSSR count). The van der Waals surface area contributed by atoms with Crippen molar-refractivity contribution in [2.75, 3.05) is 32.8 Å². The predicted octanol–water partition coefficient (Wildman–Crippen LogP) is 2.16. The molecule has 7 atom stereocenters. The van der Waals surface area contributed by atoms with Crippen LogP contribution in [-0.4, -0.2) is 80.3 Å². The van der Waals surface area contributed by atoms with Crippen LogP contribution in [0.5, 0.6) is 0 Å². The van der Waals surface area contributed by atoms with Crippen LogP contribution < -0.4 is 0 Å². The summed E-state index contributed by atoms with van der Waals surface area (Å²) in [7, 11) is 0. The molecule has 6 aliphatic carbocycles. The van der Waals surface area contributed by atoms with Crippen molar-refractivity contribution in [1.82, 2.24) is 4.90 Å². The quantitative estimate of drug-likeness (QED) is 0.272. The van der Waals surface area contributed by atoms with E-state index in [2.05, 4.69) is 0 Å². The molecule has 0 N–H and O–H groups in total. The van der Waals surface area contributed by atoms with Crippen LogP contribution in [0.1, 0.15) is 51.9 Å². The van der Waals surface area contributed by atoms with E-state index in [0.29, 0.717) is 51.0 Å². The van der Waals surface area contributed by atoms with Gasteiger partial charge in [0.15, 0.2) is 0 Å². The summed E-state index contributed by atoms with van der Waals surface area (Å²) in [5, 5.41) is 0. The van der Waals surface area contributed by atoms with Crippen molar-refractivity contribution in [3.05, 3.63) is 0 Å². The summed E-state index contributed by atoms with van der Waals surface area (Å²) in [6.07, 6.45) is 6.06. The highest BCUT2D eigenvalue weighted by molar-refractivity contribution is 5.86. The number of carbonyl (C=O) groups is 3. The van der Waals surface area contributed by atoms with Crippen LogP contribution in [0.3, 0.4) is 0 Å². The largest absolute Gasteiger partial charge is 0.458 e. The summed E-state index contributed by atoms with van der Waals surface area (Å²) < 4.78 is 29.4. The molecule has 6 bridgehead atoms. The van der Waals surface area contributed by atoms with Gasteiger partial charge in [0.05, 0.1) is 37.7 Å². The van der Waals surface area contributed by atoms with Gasteiger partial charge in [0.25, 0.3) is 0 Å². The molecule has 2 heterocycles. The molecule has 0 aromatic rings. The van der Waals surface area contributed by atoms with Crippen LogP contribution in [-0.2, 0) is 38.1 Å². The van der Waals surface area contributed by atoms with Gasteiger partial charge in [0.1, 0.15) is 12.2 Å². The third-order valence-electron chi connectivity index (χ3n) is 10.6. The molecule has 8 fully saturated rings. The first kappa shape index (κ1) is 24.3. The first-order chi connectivity index (χ1) is 18.0. The fourth-order valence-corrected chi connectivity index (χ4v) is 9.29. The fourth-order valence-electron chi connectivity index (χ4n) is 9.29. The Balaban J connectivity index is 1.01. The van der Waals surface area contributed by atoms with Gasteiger partial charge in [-0.1, -0.05) is 6.92 Å². The van der Waals surface area contributed by atoms with Gasteiger partial charge in [-0.3, -0.25) is 19.3 Å². The molecule has 204 valence electrons. The number of ether oxygens (including phenoxy) is 5. The van der Waals surface area contributed by atoms with Crippen LogP contribution in [0.4, 0.5) is 0 Å². The Morgan fingerprint density at radius 1 is 0.973 bits per heavy atom. The second-order valence-electron chi connectivity index (χ2n) is 12.7. The second-order valence-corrected chi connectivity index (χ2v) is 12.7. The van der Waals surface area contributed by atoms with Gasteiger partial charge in [-0.2, -0.15) is 0 Å². The zero-order valence-electron chi connectivity index (χ0n) is 21.6. The number of morpholine rings is 1. The fraction of sp³-hybridized carbons (Fsp3) is 0.893. The molecule has 0 spiro atoms. The van der Waals surface area contributed by atoms with E-state index in [0.717, 1.165) is 11.8 Å². The molecule has 7 unspecified atom stereocenters. The van der Waals surface area contributed by atoms with E-state index in [1.807, 2.05) is 11.8 Å². The minimum absolute atomic E-state index is 0.0957. The van der Waals surface area contributed by atoms with Crippen LogP contribution >= 0.6 is 0 Å². The molecular formula is C28H39NO8. The normalized spacial score (nSPS) is 46.2. The van der Waals surface area contributed by atoms with Gasteiger partial charge in [-0.15, -0.1) is 0 Å². The van der Waals surface area contributed by atoms with E-state index in [4.69, 9.17) is 23.7 Å². The number of esters is 3. The first-order valence-electron chi connectivity index (χ1n) is 14.5. The summed E-state index contributed by atoms with van der Waals surface area (Å²) in [5.74, 6) is 0.242.